The molecule has 0 bridgehead atoms. The predicted octanol–water partition coefficient (Wildman–Crippen LogP) is 3.62. The second-order valence-corrected chi connectivity index (χ2v) is 4.09. The van der Waals surface area contributed by atoms with Gasteiger partial charge in [-0.05, 0) is 17.7 Å². The maximum atomic E-state index is 12.3. The number of aromatic nitrogens is 2. The Hall–Kier alpha value is -2.75. The van der Waals surface area contributed by atoms with Crippen LogP contribution < -0.4 is 4.74 Å². The summed E-state index contributed by atoms with van der Waals surface area (Å²) in [6, 6.07) is 6.17. The van der Waals surface area contributed by atoms with E-state index in [2.05, 4.69) is 16.4 Å². The van der Waals surface area contributed by atoms with Crippen LogP contribution in [-0.2, 0) is 6.54 Å². The Labute approximate surface area is 118 Å². The van der Waals surface area contributed by atoms with Crippen molar-refractivity contribution in [2.24, 2.45) is 0 Å². The van der Waals surface area contributed by atoms with E-state index < -0.39 is 6.36 Å². The molecule has 0 unspecified atom stereocenters. The van der Waals surface area contributed by atoms with Gasteiger partial charge in [0.25, 0.3) is 0 Å². The van der Waals surface area contributed by atoms with Crippen molar-refractivity contribution in [3.63, 3.8) is 0 Å². The number of nitrogens with zero attached hydrogens (tertiary/aromatic N) is 3. The standard InChI is InChI=1S/C14H10F3N3O/c1-2-10-7-11(3-4-13(10)21-14(15,16)17)12-8-19-20(9-12)6-5-18/h2-4,7-9H,1,6H2. The van der Waals surface area contributed by atoms with Crippen molar-refractivity contribution in [2.75, 3.05) is 0 Å². The Morgan fingerprint density at radius 2 is 2.14 bits per heavy atom. The molecule has 0 aliphatic carbocycles. The first-order valence-corrected chi connectivity index (χ1v) is 5.85. The maximum Gasteiger partial charge on any atom is 0.573 e. The Kier molecular flexibility index (Phi) is 3.98. The van der Waals surface area contributed by atoms with Crippen molar-refractivity contribution in [3.8, 4) is 22.9 Å². The van der Waals surface area contributed by atoms with E-state index in [4.69, 9.17) is 5.26 Å². The van der Waals surface area contributed by atoms with Crippen molar-refractivity contribution >= 4 is 6.08 Å². The molecular weight excluding hydrogens is 283 g/mol. The molecule has 0 N–H and O–H groups in total. The van der Waals surface area contributed by atoms with Crippen LogP contribution in [0.2, 0.25) is 0 Å². The third-order valence-electron chi connectivity index (χ3n) is 2.65. The highest BCUT2D eigenvalue weighted by Gasteiger charge is 2.31. The number of alkyl halides is 3. The predicted molar refractivity (Wildman–Crippen MR) is 70.1 cm³/mol. The zero-order valence-electron chi connectivity index (χ0n) is 10.8. The summed E-state index contributed by atoms with van der Waals surface area (Å²) in [6.07, 6.45) is -0.305. The van der Waals surface area contributed by atoms with Crippen molar-refractivity contribution in [1.29, 1.82) is 5.26 Å². The molecule has 108 valence electrons. The number of hydrogen-bond donors (Lipinski definition) is 0. The van der Waals surface area contributed by atoms with Crippen LogP contribution in [0.1, 0.15) is 5.56 Å². The average Bonchev–Trinajstić information content (AvgIpc) is 2.86. The average molecular weight is 293 g/mol. The first-order chi connectivity index (χ1) is 9.93. The fourth-order valence-electron chi connectivity index (χ4n) is 1.78. The molecule has 0 amide bonds. The molecule has 1 heterocycles. The van der Waals surface area contributed by atoms with Crippen LogP contribution in [0.5, 0.6) is 5.75 Å². The van der Waals surface area contributed by atoms with Gasteiger partial charge in [0.1, 0.15) is 12.3 Å². The van der Waals surface area contributed by atoms with Gasteiger partial charge in [0.2, 0.25) is 0 Å². The molecule has 2 aromatic rings. The monoisotopic (exact) mass is 293 g/mol. The van der Waals surface area contributed by atoms with Crippen molar-refractivity contribution in [2.45, 2.75) is 12.9 Å². The first-order valence-electron chi connectivity index (χ1n) is 5.85. The summed E-state index contributed by atoms with van der Waals surface area (Å²) < 4.78 is 42.2. The second-order valence-electron chi connectivity index (χ2n) is 4.09. The van der Waals surface area contributed by atoms with E-state index in [0.29, 0.717) is 11.1 Å². The lowest BCUT2D eigenvalue weighted by molar-refractivity contribution is -0.274. The fourth-order valence-corrected chi connectivity index (χ4v) is 1.78. The van der Waals surface area contributed by atoms with Crippen molar-refractivity contribution < 1.29 is 17.9 Å². The van der Waals surface area contributed by atoms with E-state index in [1.165, 1.54) is 35.2 Å². The largest absolute Gasteiger partial charge is 0.573 e. The molecule has 1 aromatic carbocycles. The summed E-state index contributed by atoms with van der Waals surface area (Å²) in [5.74, 6) is -0.314. The minimum absolute atomic E-state index is 0.101. The Morgan fingerprint density at radius 1 is 1.38 bits per heavy atom. The number of benzene rings is 1. The Balaban J connectivity index is 2.34. The van der Waals surface area contributed by atoms with Crippen LogP contribution in [0.25, 0.3) is 17.2 Å². The molecule has 4 nitrogen and oxygen atoms in total. The number of nitriles is 1. The van der Waals surface area contributed by atoms with Crippen molar-refractivity contribution in [1.82, 2.24) is 9.78 Å². The number of hydrogen-bond acceptors (Lipinski definition) is 3. The Bertz CT molecular complexity index is 698. The molecule has 0 saturated heterocycles. The second kappa shape index (κ2) is 5.71. The highest BCUT2D eigenvalue weighted by molar-refractivity contribution is 5.69. The Morgan fingerprint density at radius 3 is 2.76 bits per heavy atom. The zero-order valence-corrected chi connectivity index (χ0v) is 10.8. The zero-order chi connectivity index (χ0) is 15.5. The van der Waals surface area contributed by atoms with E-state index in [-0.39, 0.29) is 17.9 Å². The molecular formula is C14H10F3N3O. The quantitative estimate of drug-likeness (QED) is 0.865. The summed E-state index contributed by atoms with van der Waals surface area (Å²) in [7, 11) is 0. The van der Waals surface area contributed by atoms with E-state index in [1.807, 2.05) is 6.07 Å². The lowest BCUT2D eigenvalue weighted by atomic mass is 10.1. The van der Waals surface area contributed by atoms with Gasteiger partial charge in [-0.2, -0.15) is 10.4 Å². The van der Waals surface area contributed by atoms with Gasteiger partial charge in [-0.25, -0.2) is 0 Å². The highest BCUT2D eigenvalue weighted by atomic mass is 19.4. The molecule has 21 heavy (non-hydrogen) atoms. The van der Waals surface area contributed by atoms with Gasteiger partial charge in [-0.15, -0.1) is 13.2 Å². The van der Waals surface area contributed by atoms with Gasteiger partial charge in [0, 0.05) is 17.3 Å². The molecule has 0 radical (unpaired) electrons. The van der Waals surface area contributed by atoms with E-state index in [0.717, 1.165) is 0 Å². The van der Waals surface area contributed by atoms with Crippen molar-refractivity contribution in [3.05, 3.63) is 42.7 Å². The smallest absolute Gasteiger partial charge is 0.405 e. The van der Waals surface area contributed by atoms with Gasteiger partial charge < -0.3 is 4.74 Å². The van der Waals surface area contributed by atoms with E-state index in [9.17, 15) is 13.2 Å². The van der Waals surface area contributed by atoms with Crippen LogP contribution >= 0.6 is 0 Å². The topological polar surface area (TPSA) is 50.8 Å². The summed E-state index contributed by atoms with van der Waals surface area (Å²) in [4.78, 5) is 0. The van der Waals surface area contributed by atoms with Crippen LogP contribution in [-0.4, -0.2) is 16.1 Å². The van der Waals surface area contributed by atoms with Gasteiger partial charge in [0.15, 0.2) is 0 Å². The molecule has 1 aromatic heterocycles. The number of ether oxygens (including phenoxy) is 1. The van der Waals surface area contributed by atoms with Gasteiger partial charge >= 0.3 is 6.36 Å². The first kappa shape index (κ1) is 14.7. The molecule has 2 rings (SSSR count). The lowest BCUT2D eigenvalue weighted by Gasteiger charge is -2.12. The highest BCUT2D eigenvalue weighted by Crippen LogP contribution is 2.31. The SMILES string of the molecule is C=Cc1cc(-c2cnn(CC#N)c2)ccc1OC(F)(F)F. The minimum atomic E-state index is -4.75. The summed E-state index contributed by atoms with van der Waals surface area (Å²) in [5, 5.41) is 12.6. The maximum absolute atomic E-state index is 12.3. The van der Waals surface area contributed by atoms with E-state index >= 15 is 0 Å². The molecule has 7 heteroatoms. The molecule has 0 saturated carbocycles. The van der Waals surface area contributed by atoms with Crippen LogP contribution in [0.15, 0.2) is 37.2 Å². The minimum Gasteiger partial charge on any atom is -0.405 e. The lowest BCUT2D eigenvalue weighted by Crippen LogP contribution is -2.17. The van der Waals surface area contributed by atoms with E-state index in [1.54, 1.807) is 6.20 Å². The van der Waals surface area contributed by atoms with Crippen LogP contribution in [0, 0.1) is 11.3 Å². The molecule has 0 atom stereocenters. The third kappa shape index (κ3) is 3.63. The molecule has 0 aliphatic rings. The molecule has 0 aliphatic heterocycles. The summed E-state index contributed by atoms with van der Waals surface area (Å²) in [5.41, 5.74) is 1.56. The third-order valence-corrected chi connectivity index (χ3v) is 2.65. The molecule has 0 fully saturated rings. The summed E-state index contributed by atoms with van der Waals surface area (Å²) in [6.45, 7) is 3.58. The number of rotatable bonds is 4. The van der Waals surface area contributed by atoms with Crippen LogP contribution in [0.4, 0.5) is 13.2 Å². The van der Waals surface area contributed by atoms with Gasteiger partial charge in [-0.3, -0.25) is 4.68 Å². The summed E-state index contributed by atoms with van der Waals surface area (Å²) >= 11 is 0. The normalized spacial score (nSPS) is 11.0. The number of halogens is 3. The van der Waals surface area contributed by atoms with Crippen LogP contribution in [0.3, 0.4) is 0 Å². The van der Waals surface area contributed by atoms with Gasteiger partial charge in [0.05, 0.1) is 12.3 Å². The fraction of sp³-hybridized carbons (Fsp3) is 0.143. The van der Waals surface area contributed by atoms with Gasteiger partial charge in [-0.1, -0.05) is 18.7 Å². The molecule has 0 spiro atoms.